The maximum absolute atomic E-state index is 12.3. The molecule has 2 aromatic rings. The van der Waals surface area contributed by atoms with E-state index >= 15 is 0 Å². The summed E-state index contributed by atoms with van der Waals surface area (Å²) in [7, 11) is 0. The third kappa shape index (κ3) is 2.99. The Morgan fingerprint density at radius 2 is 1.75 bits per heavy atom. The summed E-state index contributed by atoms with van der Waals surface area (Å²) >= 11 is 0. The molecule has 0 aromatic heterocycles. The number of anilines is 1. The molecule has 0 radical (unpaired) electrons. The normalized spacial score (nSPS) is 11.9. The van der Waals surface area contributed by atoms with Gasteiger partial charge in [-0.05, 0) is 43.5 Å². The van der Waals surface area contributed by atoms with Gasteiger partial charge in [-0.1, -0.05) is 36.4 Å². The van der Waals surface area contributed by atoms with Crippen LogP contribution in [0.15, 0.2) is 42.5 Å². The maximum atomic E-state index is 12.3. The molecule has 2 aromatic carbocycles. The molecule has 0 heterocycles. The monoisotopic (exact) mass is 268 g/mol. The van der Waals surface area contributed by atoms with E-state index in [0.29, 0.717) is 11.3 Å². The van der Waals surface area contributed by atoms with Gasteiger partial charge in [-0.25, -0.2) is 0 Å². The molecule has 0 unspecified atom stereocenters. The first-order valence-corrected chi connectivity index (χ1v) is 6.71. The van der Waals surface area contributed by atoms with Crippen LogP contribution >= 0.6 is 0 Å². The highest BCUT2D eigenvalue weighted by Crippen LogP contribution is 2.19. The smallest absolute Gasteiger partial charge is 0.252 e. The number of carbonyl (C=O) groups excluding carboxylic acids is 1. The minimum Gasteiger partial charge on any atom is -0.398 e. The van der Waals surface area contributed by atoms with Gasteiger partial charge in [-0.15, -0.1) is 0 Å². The number of carbonyl (C=O) groups is 1. The van der Waals surface area contributed by atoms with E-state index in [-0.39, 0.29) is 11.9 Å². The zero-order valence-electron chi connectivity index (χ0n) is 12.1. The third-order valence-electron chi connectivity index (χ3n) is 3.50. The lowest BCUT2D eigenvalue weighted by Gasteiger charge is -2.16. The van der Waals surface area contributed by atoms with Gasteiger partial charge in [0.05, 0.1) is 6.04 Å². The number of nitrogens with one attached hydrogen (secondary N) is 1. The van der Waals surface area contributed by atoms with Crippen molar-refractivity contribution in [2.75, 3.05) is 5.73 Å². The fourth-order valence-corrected chi connectivity index (χ4v) is 2.21. The lowest BCUT2D eigenvalue weighted by molar-refractivity contribution is 0.0939. The van der Waals surface area contributed by atoms with E-state index in [1.165, 1.54) is 0 Å². The summed E-state index contributed by atoms with van der Waals surface area (Å²) in [6.07, 6.45) is 0. The molecule has 0 aliphatic rings. The second-order valence-corrected chi connectivity index (χ2v) is 5.13. The first kappa shape index (κ1) is 14.1. The minimum atomic E-state index is -0.0921. The summed E-state index contributed by atoms with van der Waals surface area (Å²) in [5.41, 5.74) is 10.2. The minimum absolute atomic E-state index is 0.0365. The van der Waals surface area contributed by atoms with Crippen molar-refractivity contribution >= 4 is 11.6 Å². The lowest BCUT2D eigenvalue weighted by Crippen LogP contribution is -2.27. The standard InChI is InChI=1S/C17H20N2O/c1-11-9-12(2)16(18)10-15(11)17(20)19-13(3)14-7-5-4-6-8-14/h4-10,13H,18H2,1-3H3,(H,19,20)/t13-/m0/s1. The summed E-state index contributed by atoms with van der Waals surface area (Å²) in [5, 5.41) is 3.01. The number of hydrogen-bond acceptors (Lipinski definition) is 2. The van der Waals surface area contributed by atoms with Crippen molar-refractivity contribution in [1.29, 1.82) is 0 Å². The number of nitrogen functional groups attached to an aromatic ring is 1. The number of benzene rings is 2. The van der Waals surface area contributed by atoms with E-state index < -0.39 is 0 Å². The van der Waals surface area contributed by atoms with Crippen LogP contribution < -0.4 is 11.1 Å². The van der Waals surface area contributed by atoms with E-state index in [2.05, 4.69) is 5.32 Å². The topological polar surface area (TPSA) is 55.1 Å². The van der Waals surface area contributed by atoms with Crippen LogP contribution in [-0.2, 0) is 0 Å². The van der Waals surface area contributed by atoms with Crippen molar-refractivity contribution in [3.63, 3.8) is 0 Å². The fraction of sp³-hybridized carbons (Fsp3) is 0.235. The quantitative estimate of drug-likeness (QED) is 0.838. The predicted octanol–water partition coefficient (Wildman–Crippen LogP) is 3.38. The Morgan fingerprint density at radius 1 is 1.10 bits per heavy atom. The average Bonchev–Trinajstić information content (AvgIpc) is 2.43. The number of hydrogen-bond donors (Lipinski definition) is 2. The molecule has 20 heavy (non-hydrogen) atoms. The highest BCUT2D eigenvalue weighted by atomic mass is 16.1. The summed E-state index contributed by atoms with van der Waals surface area (Å²) in [6, 6.07) is 13.5. The van der Waals surface area contributed by atoms with Crippen molar-refractivity contribution in [3.05, 3.63) is 64.7 Å². The summed E-state index contributed by atoms with van der Waals surface area (Å²) in [6.45, 7) is 5.84. The van der Waals surface area contributed by atoms with Gasteiger partial charge in [-0.3, -0.25) is 4.79 Å². The van der Waals surface area contributed by atoms with Gasteiger partial charge in [0.1, 0.15) is 0 Å². The molecule has 0 spiro atoms. The highest BCUT2D eigenvalue weighted by Gasteiger charge is 2.14. The first-order valence-electron chi connectivity index (χ1n) is 6.71. The zero-order chi connectivity index (χ0) is 14.7. The Bertz CT molecular complexity index is 620. The predicted molar refractivity (Wildman–Crippen MR) is 82.7 cm³/mol. The zero-order valence-corrected chi connectivity index (χ0v) is 12.1. The Hall–Kier alpha value is -2.29. The van der Waals surface area contributed by atoms with Crippen LogP contribution in [0.25, 0.3) is 0 Å². The number of amides is 1. The van der Waals surface area contributed by atoms with Crippen molar-refractivity contribution in [2.45, 2.75) is 26.8 Å². The number of rotatable bonds is 3. The van der Waals surface area contributed by atoms with Crippen LogP contribution in [0.3, 0.4) is 0 Å². The molecule has 0 saturated heterocycles. The van der Waals surface area contributed by atoms with Gasteiger partial charge in [0.25, 0.3) is 5.91 Å². The van der Waals surface area contributed by atoms with Crippen molar-refractivity contribution in [3.8, 4) is 0 Å². The molecule has 3 heteroatoms. The highest BCUT2D eigenvalue weighted by molar-refractivity contribution is 5.97. The van der Waals surface area contributed by atoms with Gasteiger partial charge in [0.15, 0.2) is 0 Å². The Labute approximate surface area is 119 Å². The van der Waals surface area contributed by atoms with Crippen LogP contribution in [0.4, 0.5) is 5.69 Å². The van der Waals surface area contributed by atoms with E-state index in [0.717, 1.165) is 16.7 Å². The third-order valence-corrected chi connectivity index (χ3v) is 3.50. The fourth-order valence-electron chi connectivity index (χ4n) is 2.21. The van der Waals surface area contributed by atoms with E-state index in [9.17, 15) is 4.79 Å². The lowest BCUT2D eigenvalue weighted by atomic mass is 10.0. The van der Waals surface area contributed by atoms with Gasteiger partial charge in [-0.2, -0.15) is 0 Å². The van der Waals surface area contributed by atoms with E-state index in [4.69, 9.17) is 5.73 Å². The molecule has 104 valence electrons. The van der Waals surface area contributed by atoms with Crippen LogP contribution in [0.2, 0.25) is 0 Å². The average molecular weight is 268 g/mol. The molecule has 3 nitrogen and oxygen atoms in total. The van der Waals surface area contributed by atoms with Crippen LogP contribution in [0.1, 0.15) is 40.0 Å². The molecule has 2 rings (SSSR count). The second kappa shape index (κ2) is 5.78. The van der Waals surface area contributed by atoms with Crippen LogP contribution in [0, 0.1) is 13.8 Å². The van der Waals surface area contributed by atoms with E-state index in [1.54, 1.807) is 6.07 Å². The summed E-state index contributed by atoms with van der Waals surface area (Å²) in [4.78, 5) is 12.3. The van der Waals surface area contributed by atoms with Gasteiger partial charge < -0.3 is 11.1 Å². The molecule has 0 aliphatic heterocycles. The summed E-state index contributed by atoms with van der Waals surface area (Å²) in [5.74, 6) is -0.0921. The van der Waals surface area contributed by atoms with Gasteiger partial charge in [0.2, 0.25) is 0 Å². The molecule has 0 aliphatic carbocycles. The molecule has 1 atom stereocenters. The Balaban J connectivity index is 2.19. The molecular weight excluding hydrogens is 248 g/mol. The SMILES string of the molecule is Cc1cc(C)c(C(=O)N[C@@H](C)c2ccccc2)cc1N. The molecule has 0 bridgehead atoms. The van der Waals surface area contributed by atoms with Crippen molar-refractivity contribution < 1.29 is 4.79 Å². The van der Waals surface area contributed by atoms with E-state index in [1.807, 2.05) is 57.2 Å². The van der Waals surface area contributed by atoms with Crippen molar-refractivity contribution in [1.82, 2.24) is 5.32 Å². The molecule has 0 fully saturated rings. The Kier molecular flexibility index (Phi) is 4.08. The van der Waals surface area contributed by atoms with Crippen LogP contribution in [0.5, 0.6) is 0 Å². The van der Waals surface area contributed by atoms with Gasteiger partial charge >= 0.3 is 0 Å². The molecule has 1 amide bonds. The molecular formula is C17H20N2O. The summed E-state index contributed by atoms with van der Waals surface area (Å²) < 4.78 is 0. The number of aryl methyl sites for hydroxylation is 2. The largest absolute Gasteiger partial charge is 0.398 e. The van der Waals surface area contributed by atoms with Gasteiger partial charge in [0, 0.05) is 11.3 Å². The Morgan fingerprint density at radius 3 is 2.40 bits per heavy atom. The first-order chi connectivity index (χ1) is 9.49. The molecule has 3 N–H and O–H groups in total. The number of nitrogens with two attached hydrogens (primary N) is 1. The van der Waals surface area contributed by atoms with Crippen LogP contribution in [-0.4, -0.2) is 5.91 Å². The maximum Gasteiger partial charge on any atom is 0.252 e. The van der Waals surface area contributed by atoms with Crippen molar-refractivity contribution in [2.24, 2.45) is 0 Å². The molecule has 0 saturated carbocycles. The second-order valence-electron chi connectivity index (χ2n) is 5.13.